The number of halogens is 3. The first-order valence-electron chi connectivity index (χ1n) is 5.67. The van der Waals surface area contributed by atoms with Gasteiger partial charge in [0.05, 0.1) is 24.6 Å². The van der Waals surface area contributed by atoms with Gasteiger partial charge in [-0.25, -0.2) is 0 Å². The van der Waals surface area contributed by atoms with E-state index >= 15 is 0 Å². The summed E-state index contributed by atoms with van der Waals surface area (Å²) in [5, 5.41) is 0. The number of hydrogen-bond acceptors (Lipinski definition) is 2. The molecule has 0 aliphatic heterocycles. The summed E-state index contributed by atoms with van der Waals surface area (Å²) >= 11 is 5.10. The predicted octanol–water partition coefficient (Wildman–Crippen LogP) is 4.22. The minimum Gasteiger partial charge on any atom is -0.497 e. The van der Waals surface area contributed by atoms with Gasteiger partial charge in [-0.3, -0.25) is 0 Å². The molecule has 1 heterocycles. The molecule has 19 heavy (non-hydrogen) atoms. The highest BCUT2D eigenvalue weighted by molar-refractivity contribution is 7.71. The number of H-pyrrole nitrogens is 1. The van der Waals surface area contributed by atoms with Crippen LogP contribution in [0.15, 0.2) is 18.2 Å². The van der Waals surface area contributed by atoms with Crippen molar-refractivity contribution < 1.29 is 17.9 Å². The van der Waals surface area contributed by atoms with Gasteiger partial charge in [0.15, 0.2) is 4.77 Å². The molecule has 1 atom stereocenters. The van der Waals surface area contributed by atoms with Crippen molar-refractivity contribution in [2.45, 2.75) is 25.6 Å². The molecule has 1 unspecified atom stereocenters. The van der Waals surface area contributed by atoms with E-state index in [9.17, 15) is 13.2 Å². The van der Waals surface area contributed by atoms with Gasteiger partial charge >= 0.3 is 6.18 Å². The highest BCUT2D eigenvalue weighted by Gasteiger charge is 2.31. The van der Waals surface area contributed by atoms with Crippen LogP contribution in [0.4, 0.5) is 13.2 Å². The van der Waals surface area contributed by atoms with E-state index in [4.69, 9.17) is 17.0 Å². The molecule has 0 aliphatic rings. The fourth-order valence-corrected chi connectivity index (χ4v) is 2.48. The van der Waals surface area contributed by atoms with Crippen molar-refractivity contribution in [1.29, 1.82) is 0 Å². The Kier molecular flexibility index (Phi) is 3.58. The molecule has 0 fully saturated rings. The summed E-state index contributed by atoms with van der Waals surface area (Å²) in [7, 11) is 1.51. The van der Waals surface area contributed by atoms with Crippen molar-refractivity contribution in [2.75, 3.05) is 7.11 Å². The molecule has 3 nitrogen and oxygen atoms in total. The second kappa shape index (κ2) is 4.88. The first-order valence-corrected chi connectivity index (χ1v) is 6.07. The van der Waals surface area contributed by atoms with Gasteiger partial charge in [0.25, 0.3) is 0 Å². The SMILES string of the molecule is COc1ccc2[nH]c(=S)n(C(C)CC(F)(F)F)c2c1. The van der Waals surface area contributed by atoms with Crippen LogP contribution in [-0.4, -0.2) is 22.8 Å². The van der Waals surface area contributed by atoms with Crippen LogP contribution in [0.2, 0.25) is 0 Å². The number of fused-ring (bicyclic) bond motifs is 1. The fourth-order valence-electron chi connectivity index (χ4n) is 2.09. The van der Waals surface area contributed by atoms with Crippen molar-refractivity contribution in [3.63, 3.8) is 0 Å². The highest BCUT2D eigenvalue weighted by atomic mass is 32.1. The van der Waals surface area contributed by atoms with Crippen molar-refractivity contribution in [2.24, 2.45) is 0 Å². The quantitative estimate of drug-likeness (QED) is 0.858. The van der Waals surface area contributed by atoms with E-state index in [1.807, 2.05) is 0 Å². The molecule has 2 rings (SSSR count). The number of aromatic nitrogens is 2. The lowest BCUT2D eigenvalue weighted by atomic mass is 10.2. The van der Waals surface area contributed by atoms with Gasteiger partial charge in [-0.1, -0.05) is 0 Å². The number of hydrogen-bond donors (Lipinski definition) is 1. The van der Waals surface area contributed by atoms with Crippen molar-refractivity contribution in [3.05, 3.63) is 23.0 Å². The maximum atomic E-state index is 12.5. The molecule has 1 aromatic heterocycles. The summed E-state index contributed by atoms with van der Waals surface area (Å²) in [6.07, 6.45) is -5.15. The van der Waals surface area contributed by atoms with Crippen LogP contribution in [0.3, 0.4) is 0 Å². The zero-order valence-electron chi connectivity index (χ0n) is 10.4. The number of rotatable bonds is 3. The normalized spacial score (nSPS) is 13.7. The Bertz CT molecular complexity index is 644. The molecule has 0 radical (unpaired) electrons. The number of ether oxygens (including phenoxy) is 1. The van der Waals surface area contributed by atoms with E-state index in [0.29, 0.717) is 16.8 Å². The number of imidazole rings is 1. The summed E-state index contributed by atoms with van der Waals surface area (Å²) in [5.41, 5.74) is 1.31. The van der Waals surface area contributed by atoms with E-state index in [1.165, 1.54) is 18.6 Å². The maximum absolute atomic E-state index is 12.5. The molecule has 2 aromatic rings. The Hall–Kier alpha value is -1.50. The first-order chi connectivity index (χ1) is 8.81. The van der Waals surface area contributed by atoms with Gasteiger partial charge in [-0.15, -0.1) is 0 Å². The first kappa shape index (κ1) is 13.9. The Morgan fingerprint density at radius 1 is 1.42 bits per heavy atom. The lowest BCUT2D eigenvalue weighted by Crippen LogP contribution is -2.16. The molecule has 7 heteroatoms. The summed E-state index contributed by atoms with van der Waals surface area (Å²) < 4.78 is 44.3. The van der Waals surface area contributed by atoms with Crippen molar-refractivity contribution in [1.82, 2.24) is 9.55 Å². The smallest absolute Gasteiger partial charge is 0.391 e. The third kappa shape index (κ3) is 2.91. The van der Waals surface area contributed by atoms with Crippen LogP contribution in [-0.2, 0) is 0 Å². The van der Waals surface area contributed by atoms with Crippen LogP contribution in [0, 0.1) is 4.77 Å². The van der Waals surface area contributed by atoms with Gasteiger partial charge in [0.2, 0.25) is 0 Å². The lowest BCUT2D eigenvalue weighted by molar-refractivity contribution is -0.141. The maximum Gasteiger partial charge on any atom is 0.391 e. The van der Waals surface area contributed by atoms with Crippen LogP contribution >= 0.6 is 12.2 Å². The third-order valence-electron chi connectivity index (χ3n) is 2.89. The summed E-state index contributed by atoms with van der Waals surface area (Å²) in [4.78, 5) is 2.90. The van der Waals surface area contributed by atoms with Crippen molar-refractivity contribution >= 4 is 23.3 Å². The molecular formula is C12H13F3N2OS. The Morgan fingerprint density at radius 3 is 2.68 bits per heavy atom. The predicted molar refractivity (Wildman–Crippen MR) is 69.1 cm³/mol. The van der Waals surface area contributed by atoms with E-state index < -0.39 is 18.6 Å². The van der Waals surface area contributed by atoms with E-state index in [0.717, 1.165) is 0 Å². The van der Waals surface area contributed by atoms with E-state index in [-0.39, 0.29) is 4.77 Å². The zero-order valence-corrected chi connectivity index (χ0v) is 11.2. The van der Waals surface area contributed by atoms with Gasteiger partial charge in [0, 0.05) is 12.1 Å². The van der Waals surface area contributed by atoms with E-state index in [2.05, 4.69) is 4.98 Å². The van der Waals surface area contributed by atoms with Gasteiger partial charge < -0.3 is 14.3 Å². The monoisotopic (exact) mass is 290 g/mol. The van der Waals surface area contributed by atoms with Gasteiger partial charge in [-0.2, -0.15) is 13.2 Å². The Labute approximate surface area is 113 Å². The molecule has 0 aliphatic carbocycles. The summed E-state index contributed by atoms with van der Waals surface area (Å²) in [6.45, 7) is 1.50. The number of methoxy groups -OCH3 is 1. The number of alkyl halides is 3. The standard InChI is InChI=1S/C12H13F3N2OS/c1-7(6-12(13,14)15)17-10-5-8(18-2)3-4-9(10)16-11(17)19/h3-5,7H,6H2,1-2H3,(H,16,19). The number of nitrogens with one attached hydrogen (secondary N) is 1. The minimum atomic E-state index is -4.23. The number of benzene rings is 1. The molecular weight excluding hydrogens is 277 g/mol. The van der Waals surface area contributed by atoms with Crippen molar-refractivity contribution in [3.8, 4) is 5.75 Å². The summed E-state index contributed by atoms with van der Waals surface area (Å²) in [6, 6.07) is 4.37. The lowest BCUT2D eigenvalue weighted by Gasteiger charge is -2.16. The molecule has 0 saturated heterocycles. The van der Waals surface area contributed by atoms with Gasteiger partial charge in [-0.05, 0) is 31.3 Å². The summed E-state index contributed by atoms with van der Waals surface area (Å²) in [5.74, 6) is 0.578. The van der Waals surface area contributed by atoms with E-state index in [1.54, 1.807) is 18.2 Å². The second-order valence-corrected chi connectivity index (χ2v) is 4.74. The molecule has 0 bridgehead atoms. The van der Waals surface area contributed by atoms with Gasteiger partial charge in [0.1, 0.15) is 5.75 Å². The van der Waals surface area contributed by atoms with Crippen LogP contribution in [0.5, 0.6) is 5.75 Å². The molecule has 0 spiro atoms. The van der Waals surface area contributed by atoms with Crippen LogP contribution < -0.4 is 4.74 Å². The number of nitrogens with zero attached hydrogens (tertiary/aromatic N) is 1. The molecule has 1 N–H and O–H groups in total. The fraction of sp³-hybridized carbons (Fsp3) is 0.417. The minimum absolute atomic E-state index is 0.278. The van der Waals surface area contributed by atoms with Crippen LogP contribution in [0.25, 0.3) is 11.0 Å². The average molecular weight is 290 g/mol. The van der Waals surface area contributed by atoms with Crippen LogP contribution in [0.1, 0.15) is 19.4 Å². The highest BCUT2D eigenvalue weighted by Crippen LogP contribution is 2.31. The second-order valence-electron chi connectivity index (χ2n) is 4.35. The zero-order chi connectivity index (χ0) is 14.2. The average Bonchev–Trinajstić information content (AvgIpc) is 2.61. The number of aromatic amines is 1. The third-order valence-corrected chi connectivity index (χ3v) is 3.19. The molecule has 0 saturated carbocycles. The topological polar surface area (TPSA) is 29.9 Å². The molecule has 1 aromatic carbocycles. The largest absolute Gasteiger partial charge is 0.497 e. The Morgan fingerprint density at radius 2 is 2.11 bits per heavy atom. The molecule has 0 amide bonds. The Balaban J connectivity index is 2.52. The molecule has 104 valence electrons.